The van der Waals surface area contributed by atoms with Crippen LogP contribution in [0.1, 0.15) is 39.5 Å². The highest BCUT2D eigenvalue weighted by atomic mass is 16.3. The van der Waals surface area contributed by atoms with Gasteiger partial charge in [-0.05, 0) is 25.2 Å². The number of hydrogen-bond acceptors (Lipinski definition) is 3. The number of nitrogens with one attached hydrogen (secondary N) is 1. The van der Waals surface area contributed by atoms with Crippen molar-refractivity contribution in [3.63, 3.8) is 0 Å². The van der Waals surface area contributed by atoms with Gasteiger partial charge in [-0.15, -0.1) is 0 Å². The standard InChI is InChI=1S/C12H24N2O2/c1-8(2)11(6-7-15)14-12(16)9-4-3-5-10(9)13/h8-11,15H,3-7,13H2,1-2H3,(H,14,16). The van der Waals surface area contributed by atoms with Gasteiger partial charge in [0, 0.05) is 18.7 Å². The maximum absolute atomic E-state index is 12.0. The molecule has 1 fully saturated rings. The average Bonchev–Trinajstić information content (AvgIpc) is 2.63. The molecule has 4 N–H and O–H groups in total. The number of rotatable bonds is 5. The van der Waals surface area contributed by atoms with E-state index < -0.39 is 0 Å². The summed E-state index contributed by atoms with van der Waals surface area (Å²) in [4.78, 5) is 12.0. The minimum absolute atomic E-state index is 0.0157. The Morgan fingerprint density at radius 1 is 1.50 bits per heavy atom. The first-order chi connectivity index (χ1) is 7.56. The van der Waals surface area contributed by atoms with Crippen molar-refractivity contribution in [1.82, 2.24) is 5.32 Å². The van der Waals surface area contributed by atoms with E-state index in [-0.39, 0.29) is 30.5 Å². The van der Waals surface area contributed by atoms with E-state index in [1.165, 1.54) is 0 Å². The molecule has 1 aliphatic rings. The quantitative estimate of drug-likeness (QED) is 0.646. The van der Waals surface area contributed by atoms with Gasteiger partial charge in [0.15, 0.2) is 0 Å². The minimum atomic E-state index is -0.0278. The monoisotopic (exact) mass is 228 g/mol. The number of amides is 1. The Bertz CT molecular complexity index is 231. The molecule has 0 spiro atoms. The van der Waals surface area contributed by atoms with E-state index in [4.69, 9.17) is 10.8 Å². The maximum Gasteiger partial charge on any atom is 0.224 e. The van der Waals surface area contributed by atoms with Crippen molar-refractivity contribution in [2.75, 3.05) is 6.61 Å². The summed E-state index contributed by atoms with van der Waals surface area (Å²) in [5.74, 6) is 0.380. The highest BCUT2D eigenvalue weighted by Crippen LogP contribution is 2.24. The summed E-state index contributed by atoms with van der Waals surface area (Å²) in [5.41, 5.74) is 5.90. The highest BCUT2D eigenvalue weighted by molar-refractivity contribution is 5.80. The highest BCUT2D eigenvalue weighted by Gasteiger charge is 2.31. The largest absolute Gasteiger partial charge is 0.396 e. The van der Waals surface area contributed by atoms with E-state index in [0.29, 0.717) is 12.3 Å². The van der Waals surface area contributed by atoms with Gasteiger partial charge in [-0.1, -0.05) is 20.3 Å². The average molecular weight is 228 g/mol. The van der Waals surface area contributed by atoms with E-state index in [0.717, 1.165) is 19.3 Å². The first kappa shape index (κ1) is 13.5. The van der Waals surface area contributed by atoms with Gasteiger partial charge in [-0.3, -0.25) is 4.79 Å². The van der Waals surface area contributed by atoms with Crippen LogP contribution >= 0.6 is 0 Å². The van der Waals surface area contributed by atoms with Gasteiger partial charge in [0.2, 0.25) is 5.91 Å². The van der Waals surface area contributed by atoms with E-state index in [9.17, 15) is 4.79 Å². The van der Waals surface area contributed by atoms with Crippen LogP contribution in [0.5, 0.6) is 0 Å². The summed E-state index contributed by atoms with van der Waals surface area (Å²) < 4.78 is 0. The van der Waals surface area contributed by atoms with Gasteiger partial charge in [0.25, 0.3) is 0 Å². The van der Waals surface area contributed by atoms with Crippen molar-refractivity contribution in [3.8, 4) is 0 Å². The van der Waals surface area contributed by atoms with Gasteiger partial charge in [0.05, 0.1) is 5.92 Å². The second kappa shape index (κ2) is 6.21. The van der Waals surface area contributed by atoms with Gasteiger partial charge in [-0.25, -0.2) is 0 Å². The summed E-state index contributed by atoms with van der Waals surface area (Å²) in [5, 5.41) is 12.0. The Kier molecular flexibility index (Phi) is 5.22. The fourth-order valence-corrected chi connectivity index (χ4v) is 2.32. The molecule has 0 saturated heterocycles. The molecule has 3 atom stereocenters. The van der Waals surface area contributed by atoms with Crippen LogP contribution in [0.25, 0.3) is 0 Å². The molecule has 1 aliphatic carbocycles. The van der Waals surface area contributed by atoms with Crippen LogP contribution < -0.4 is 11.1 Å². The second-order valence-corrected chi connectivity index (χ2v) is 5.07. The lowest BCUT2D eigenvalue weighted by Gasteiger charge is -2.24. The van der Waals surface area contributed by atoms with Gasteiger partial charge < -0.3 is 16.2 Å². The van der Waals surface area contributed by atoms with Gasteiger partial charge in [0.1, 0.15) is 0 Å². The Labute approximate surface area is 97.6 Å². The van der Waals surface area contributed by atoms with E-state index in [1.807, 2.05) is 0 Å². The van der Waals surface area contributed by atoms with Crippen LogP contribution in [-0.4, -0.2) is 29.7 Å². The summed E-state index contributed by atoms with van der Waals surface area (Å²) in [7, 11) is 0. The molecule has 0 aromatic carbocycles. The molecule has 4 nitrogen and oxygen atoms in total. The SMILES string of the molecule is CC(C)C(CCO)NC(=O)C1CCCC1N. The van der Waals surface area contributed by atoms with Crippen molar-refractivity contribution in [2.45, 2.75) is 51.6 Å². The molecule has 0 aliphatic heterocycles. The Balaban J connectivity index is 2.47. The van der Waals surface area contributed by atoms with Crippen molar-refractivity contribution in [2.24, 2.45) is 17.6 Å². The topological polar surface area (TPSA) is 75.3 Å². The van der Waals surface area contributed by atoms with Gasteiger partial charge >= 0.3 is 0 Å². The summed E-state index contributed by atoms with van der Waals surface area (Å²) in [6.07, 6.45) is 3.51. The van der Waals surface area contributed by atoms with E-state index in [1.54, 1.807) is 0 Å². The number of aliphatic hydroxyl groups excluding tert-OH is 1. The Morgan fingerprint density at radius 3 is 2.62 bits per heavy atom. The zero-order valence-electron chi connectivity index (χ0n) is 10.3. The molecular weight excluding hydrogens is 204 g/mol. The van der Waals surface area contributed by atoms with Gasteiger partial charge in [-0.2, -0.15) is 0 Å². The molecule has 3 unspecified atom stereocenters. The maximum atomic E-state index is 12.0. The molecule has 0 aromatic heterocycles. The molecule has 16 heavy (non-hydrogen) atoms. The molecule has 4 heteroatoms. The predicted molar refractivity (Wildman–Crippen MR) is 63.8 cm³/mol. The molecule has 0 radical (unpaired) electrons. The number of carbonyl (C=O) groups is 1. The minimum Gasteiger partial charge on any atom is -0.396 e. The number of carbonyl (C=O) groups excluding carboxylic acids is 1. The molecule has 0 bridgehead atoms. The number of hydrogen-bond donors (Lipinski definition) is 3. The van der Waals surface area contributed by atoms with Crippen LogP contribution in [0, 0.1) is 11.8 Å². The lowest BCUT2D eigenvalue weighted by atomic mass is 9.98. The third kappa shape index (κ3) is 3.46. The summed E-state index contributed by atoms with van der Waals surface area (Å²) in [6.45, 7) is 4.21. The molecule has 0 aromatic rings. The zero-order valence-corrected chi connectivity index (χ0v) is 10.3. The lowest BCUT2D eigenvalue weighted by Crippen LogP contribution is -2.45. The summed E-state index contributed by atoms with van der Waals surface area (Å²) >= 11 is 0. The van der Waals surface area contributed by atoms with E-state index >= 15 is 0 Å². The van der Waals surface area contributed by atoms with Crippen LogP contribution in [0.15, 0.2) is 0 Å². The van der Waals surface area contributed by atoms with E-state index in [2.05, 4.69) is 19.2 Å². The Morgan fingerprint density at radius 2 is 2.19 bits per heavy atom. The van der Waals surface area contributed by atoms with Crippen LogP contribution in [0.3, 0.4) is 0 Å². The zero-order chi connectivity index (χ0) is 12.1. The van der Waals surface area contributed by atoms with Crippen molar-refractivity contribution >= 4 is 5.91 Å². The Hall–Kier alpha value is -0.610. The summed E-state index contributed by atoms with van der Waals surface area (Å²) in [6, 6.07) is 0.0761. The predicted octanol–water partition coefficient (Wildman–Crippen LogP) is 0.637. The third-order valence-corrected chi connectivity index (χ3v) is 3.48. The fraction of sp³-hybridized carbons (Fsp3) is 0.917. The number of nitrogens with two attached hydrogens (primary N) is 1. The van der Waals surface area contributed by atoms with Crippen molar-refractivity contribution in [3.05, 3.63) is 0 Å². The second-order valence-electron chi connectivity index (χ2n) is 5.07. The third-order valence-electron chi connectivity index (χ3n) is 3.48. The fourth-order valence-electron chi connectivity index (χ4n) is 2.32. The lowest BCUT2D eigenvalue weighted by molar-refractivity contribution is -0.126. The van der Waals surface area contributed by atoms with Crippen LogP contribution in [0.4, 0.5) is 0 Å². The molecule has 94 valence electrons. The molecule has 1 amide bonds. The molecule has 1 saturated carbocycles. The normalized spacial score (nSPS) is 27.1. The van der Waals surface area contributed by atoms with Crippen molar-refractivity contribution in [1.29, 1.82) is 0 Å². The van der Waals surface area contributed by atoms with Crippen LogP contribution in [0.2, 0.25) is 0 Å². The molecule has 1 rings (SSSR count). The number of aliphatic hydroxyl groups is 1. The molecular formula is C12H24N2O2. The smallest absolute Gasteiger partial charge is 0.224 e. The van der Waals surface area contributed by atoms with Crippen LogP contribution in [-0.2, 0) is 4.79 Å². The first-order valence-electron chi connectivity index (χ1n) is 6.23. The first-order valence-corrected chi connectivity index (χ1v) is 6.23. The van der Waals surface area contributed by atoms with Crippen molar-refractivity contribution < 1.29 is 9.90 Å². The molecule has 0 heterocycles.